The summed E-state index contributed by atoms with van der Waals surface area (Å²) in [5.41, 5.74) is 6.89. The molecule has 2 N–H and O–H groups in total. The van der Waals surface area contributed by atoms with Crippen molar-refractivity contribution in [2.75, 3.05) is 13.1 Å². The van der Waals surface area contributed by atoms with Gasteiger partial charge in [-0.05, 0) is 42.9 Å². The maximum absolute atomic E-state index is 12.7. The average molecular weight is 296 g/mol. The van der Waals surface area contributed by atoms with Crippen LogP contribution in [-0.4, -0.2) is 25.8 Å². The van der Waals surface area contributed by atoms with Gasteiger partial charge in [0.25, 0.3) is 0 Å². The molecule has 0 saturated carbocycles. The van der Waals surface area contributed by atoms with Crippen molar-refractivity contribution in [3.05, 3.63) is 29.8 Å². The van der Waals surface area contributed by atoms with Crippen LogP contribution >= 0.6 is 0 Å². The molecular weight excluding hydrogens is 272 g/mol. The zero-order chi connectivity index (χ0) is 14.8. The van der Waals surface area contributed by atoms with Crippen molar-refractivity contribution in [1.29, 1.82) is 0 Å². The second-order valence-corrected chi connectivity index (χ2v) is 7.64. The molecule has 20 heavy (non-hydrogen) atoms. The first kappa shape index (κ1) is 15.5. The molecule has 112 valence electrons. The Labute approximate surface area is 122 Å². The lowest BCUT2D eigenvalue weighted by Gasteiger charge is -2.30. The minimum Gasteiger partial charge on any atom is -0.324 e. The van der Waals surface area contributed by atoms with Crippen LogP contribution in [0.5, 0.6) is 0 Å². The Hall–Kier alpha value is -0.910. The van der Waals surface area contributed by atoms with E-state index in [-0.39, 0.29) is 6.04 Å². The van der Waals surface area contributed by atoms with Gasteiger partial charge in [-0.1, -0.05) is 26.0 Å². The lowest BCUT2D eigenvalue weighted by Crippen LogP contribution is -2.39. The highest BCUT2D eigenvalue weighted by Gasteiger charge is 2.28. The fourth-order valence-corrected chi connectivity index (χ4v) is 4.31. The second kappa shape index (κ2) is 6.24. The third-order valence-corrected chi connectivity index (χ3v) is 5.84. The van der Waals surface area contributed by atoms with Crippen molar-refractivity contribution < 1.29 is 8.42 Å². The molecule has 1 aliphatic heterocycles. The minimum atomic E-state index is -3.38. The van der Waals surface area contributed by atoms with Gasteiger partial charge in [-0.2, -0.15) is 4.31 Å². The summed E-state index contributed by atoms with van der Waals surface area (Å²) >= 11 is 0. The Morgan fingerprint density at radius 2 is 2.20 bits per heavy atom. The van der Waals surface area contributed by atoms with Crippen molar-refractivity contribution in [3.63, 3.8) is 0 Å². The molecule has 2 rings (SSSR count). The van der Waals surface area contributed by atoms with Gasteiger partial charge in [-0.25, -0.2) is 8.42 Å². The number of rotatable bonds is 4. The molecule has 0 spiro atoms. The summed E-state index contributed by atoms with van der Waals surface area (Å²) in [7, 11) is -3.38. The van der Waals surface area contributed by atoms with E-state index in [4.69, 9.17) is 5.73 Å². The fourth-order valence-electron chi connectivity index (χ4n) is 2.66. The molecule has 0 radical (unpaired) electrons. The number of piperidine rings is 1. The molecule has 1 saturated heterocycles. The topological polar surface area (TPSA) is 63.4 Å². The van der Waals surface area contributed by atoms with Crippen molar-refractivity contribution in [1.82, 2.24) is 4.31 Å². The van der Waals surface area contributed by atoms with Crippen LogP contribution in [0, 0.1) is 5.92 Å². The smallest absolute Gasteiger partial charge is 0.243 e. The summed E-state index contributed by atoms with van der Waals surface area (Å²) in [5.74, 6) is 0.430. The molecule has 0 amide bonds. The molecule has 2 atom stereocenters. The molecule has 1 aromatic rings. The third kappa shape index (κ3) is 3.22. The molecule has 1 aliphatic rings. The SMILES string of the molecule is CCC(N)c1cccc(S(=O)(=O)N2CCCC(C)C2)c1. The van der Waals surface area contributed by atoms with Gasteiger partial charge in [0.15, 0.2) is 0 Å². The van der Waals surface area contributed by atoms with Crippen molar-refractivity contribution in [3.8, 4) is 0 Å². The third-order valence-electron chi connectivity index (χ3n) is 3.98. The summed E-state index contributed by atoms with van der Waals surface area (Å²) in [4.78, 5) is 0.369. The van der Waals surface area contributed by atoms with Gasteiger partial charge in [0.05, 0.1) is 4.90 Å². The van der Waals surface area contributed by atoms with Crippen molar-refractivity contribution in [2.24, 2.45) is 11.7 Å². The predicted octanol–water partition coefficient (Wildman–Crippen LogP) is 2.52. The Balaban J connectivity index is 2.29. The maximum atomic E-state index is 12.7. The van der Waals surface area contributed by atoms with E-state index in [1.165, 1.54) is 0 Å². The molecule has 5 heteroatoms. The monoisotopic (exact) mass is 296 g/mol. The van der Waals surface area contributed by atoms with Crippen LogP contribution in [0.1, 0.15) is 44.7 Å². The number of nitrogens with two attached hydrogens (primary N) is 1. The fraction of sp³-hybridized carbons (Fsp3) is 0.600. The van der Waals surface area contributed by atoms with Crippen LogP contribution < -0.4 is 5.73 Å². The van der Waals surface area contributed by atoms with Crippen LogP contribution in [0.3, 0.4) is 0 Å². The van der Waals surface area contributed by atoms with Crippen LogP contribution in [0.15, 0.2) is 29.2 Å². The molecule has 1 aromatic carbocycles. The van der Waals surface area contributed by atoms with Gasteiger partial charge in [0.2, 0.25) is 10.0 Å². The standard InChI is InChI=1S/C15H24N2O2S/c1-3-15(16)13-7-4-8-14(10-13)20(18,19)17-9-5-6-12(2)11-17/h4,7-8,10,12,15H,3,5-6,9,11,16H2,1-2H3. The number of benzene rings is 1. The summed E-state index contributed by atoms with van der Waals surface area (Å²) < 4.78 is 27.0. The zero-order valence-corrected chi connectivity index (χ0v) is 13.1. The summed E-state index contributed by atoms with van der Waals surface area (Å²) in [5, 5.41) is 0. The highest BCUT2D eigenvalue weighted by molar-refractivity contribution is 7.89. The van der Waals surface area contributed by atoms with E-state index in [1.807, 2.05) is 13.0 Å². The molecule has 4 nitrogen and oxygen atoms in total. The predicted molar refractivity (Wildman–Crippen MR) is 80.8 cm³/mol. The van der Waals surface area contributed by atoms with E-state index >= 15 is 0 Å². The Morgan fingerprint density at radius 1 is 1.45 bits per heavy atom. The maximum Gasteiger partial charge on any atom is 0.243 e. The number of hydrogen-bond donors (Lipinski definition) is 1. The van der Waals surface area contributed by atoms with Gasteiger partial charge in [0.1, 0.15) is 0 Å². The van der Waals surface area contributed by atoms with Gasteiger partial charge in [-0.3, -0.25) is 0 Å². The number of sulfonamides is 1. The van der Waals surface area contributed by atoms with Crippen molar-refractivity contribution >= 4 is 10.0 Å². The quantitative estimate of drug-likeness (QED) is 0.928. The Morgan fingerprint density at radius 3 is 2.85 bits per heavy atom. The number of nitrogens with zero attached hydrogens (tertiary/aromatic N) is 1. The lowest BCUT2D eigenvalue weighted by molar-refractivity contribution is 0.281. The van der Waals surface area contributed by atoms with Gasteiger partial charge >= 0.3 is 0 Å². The summed E-state index contributed by atoms with van der Waals surface area (Å²) in [6.45, 7) is 5.34. The molecule has 2 unspecified atom stereocenters. The lowest BCUT2D eigenvalue weighted by atomic mass is 10.0. The molecule has 0 aliphatic carbocycles. The van der Waals surface area contributed by atoms with E-state index in [0.717, 1.165) is 24.8 Å². The summed E-state index contributed by atoms with van der Waals surface area (Å²) in [6.07, 6.45) is 2.84. The first-order valence-electron chi connectivity index (χ1n) is 7.31. The van der Waals surface area contributed by atoms with E-state index in [9.17, 15) is 8.42 Å². The highest BCUT2D eigenvalue weighted by Crippen LogP contribution is 2.25. The molecule has 1 heterocycles. The summed E-state index contributed by atoms with van der Waals surface area (Å²) in [6, 6.07) is 6.96. The van der Waals surface area contributed by atoms with Crippen LogP contribution in [0.4, 0.5) is 0 Å². The van der Waals surface area contributed by atoms with Crippen LogP contribution in [0.25, 0.3) is 0 Å². The normalized spacial score (nSPS) is 22.6. The van der Waals surface area contributed by atoms with Crippen LogP contribution in [-0.2, 0) is 10.0 Å². The van der Waals surface area contributed by atoms with Crippen LogP contribution in [0.2, 0.25) is 0 Å². The first-order chi connectivity index (χ1) is 9.45. The van der Waals surface area contributed by atoms with E-state index in [1.54, 1.807) is 22.5 Å². The highest BCUT2D eigenvalue weighted by atomic mass is 32.2. The van der Waals surface area contributed by atoms with E-state index in [0.29, 0.717) is 23.9 Å². The van der Waals surface area contributed by atoms with Gasteiger partial charge in [-0.15, -0.1) is 0 Å². The largest absolute Gasteiger partial charge is 0.324 e. The van der Waals surface area contributed by atoms with E-state index < -0.39 is 10.0 Å². The zero-order valence-electron chi connectivity index (χ0n) is 12.2. The van der Waals surface area contributed by atoms with E-state index in [2.05, 4.69) is 6.92 Å². The Kier molecular flexibility index (Phi) is 4.83. The van der Waals surface area contributed by atoms with Crippen molar-refractivity contribution in [2.45, 2.75) is 44.0 Å². The first-order valence-corrected chi connectivity index (χ1v) is 8.75. The molecule has 1 fully saturated rings. The minimum absolute atomic E-state index is 0.106. The molecule has 0 bridgehead atoms. The average Bonchev–Trinajstić information content (AvgIpc) is 2.46. The Bertz CT molecular complexity index is 557. The van der Waals surface area contributed by atoms with Gasteiger partial charge < -0.3 is 5.73 Å². The van der Waals surface area contributed by atoms with Gasteiger partial charge in [0, 0.05) is 19.1 Å². The number of hydrogen-bond acceptors (Lipinski definition) is 3. The molecular formula is C15H24N2O2S. The second-order valence-electron chi connectivity index (χ2n) is 5.70. The molecule has 0 aromatic heterocycles.